The van der Waals surface area contributed by atoms with E-state index in [2.05, 4.69) is 5.32 Å². The molecule has 1 aromatic rings. The number of nitrogens with two attached hydrogens (primary N) is 1. The van der Waals surface area contributed by atoms with Gasteiger partial charge in [-0.1, -0.05) is 12.1 Å². The lowest BCUT2D eigenvalue weighted by atomic mass is 9.92. The first-order valence-electron chi connectivity index (χ1n) is 6.34. The number of carbonyl (C=O) groups excluding carboxylic acids is 1. The highest BCUT2D eigenvalue weighted by Gasteiger charge is 2.50. The molecule has 5 nitrogen and oxygen atoms in total. The van der Waals surface area contributed by atoms with E-state index in [4.69, 9.17) is 15.2 Å². The van der Waals surface area contributed by atoms with E-state index in [0.717, 1.165) is 18.5 Å². The van der Waals surface area contributed by atoms with Crippen LogP contribution in [0.5, 0.6) is 5.75 Å². The second-order valence-corrected chi connectivity index (χ2v) is 4.87. The summed E-state index contributed by atoms with van der Waals surface area (Å²) in [6.45, 7) is 0.255. The highest BCUT2D eigenvalue weighted by atomic mass is 16.5. The quantitative estimate of drug-likeness (QED) is 0.780. The molecule has 1 fully saturated rings. The number of benzene rings is 1. The van der Waals surface area contributed by atoms with E-state index in [-0.39, 0.29) is 18.4 Å². The number of hydrogen-bond donors (Lipinski definition) is 2. The van der Waals surface area contributed by atoms with Crippen molar-refractivity contribution >= 4 is 11.6 Å². The first kappa shape index (κ1) is 13.7. The Balaban J connectivity index is 2.31. The first-order valence-corrected chi connectivity index (χ1v) is 6.34. The number of rotatable bonds is 7. The molecule has 104 valence electrons. The molecule has 5 heteroatoms. The maximum atomic E-state index is 11.9. The van der Waals surface area contributed by atoms with Gasteiger partial charge in [0, 0.05) is 7.11 Å². The lowest BCUT2D eigenvalue weighted by molar-refractivity contribution is -0.124. The first-order chi connectivity index (χ1) is 9.14. The Labute approximate surface area is 113 Å². The Morgan fingerprint density at radius 2 is 2.11 bits per heavy atom. The topological polar surface area (TPSA) is 73.6 Å². The van der Waals surface area contributed by atoms with E-state index >= 15 is 0 Å². The van der Waals surface area contributed by atoms with Gasteiger partial charge in [-0.2, -0.15) is 0 Å². The SMILES string of the molecule is COCC(Nc1ccccc1OC)(C(N)=O)C1CC1. The van der Waals surface area contributed by atoms with Gasteiger partial charge in [0.2, 0.25) is 5.91 Å². The number of carbonyl (C=O) groups is 1. The molecule has 0 aromatic heterocycles. The van der Waals surface area contributed by atoms with Crippen molar-refractivity contribution < 1.29 is 14.3 Å². The summed E-state index contributed by atoms with van der Waals surface area (Å²) in [5.74, 6) is 0.516. The van der Waals surface area contributed by atoms with Crippen LogP contribution in [-0.2, 0) is 9.53 Å². The van der Waals surface area contributed by atoms with E-state index in [1.807, 2.05) is 24.3 Å². The van der Waals surface area contributed by atoms with Gasteiger partial charge in [-0.25, -0.2) is 0 Å². The zero-order chi connectivity index (χ0) is 13.9. The molecule has 1 unspecified atom stereocenters. The average molecular weight is 264 g/mol. The molecule has 1 aliphatic carbocycles. The molecule has 1 atom stereocenters. The minimum absolute atomic E-state index is 0.217. The number of para-hydroxylation sites is 2. The monoisotopic (exact) mass is 264 g/mol. The third kappa shape index (κ3) is 2.66. The number of anilines is 1. The fourth-order valence-corrected chi connectivity index (χ4v) is 2.38. The van der Waals surface area contributed by atoms with Gasteiger partial charge in [0.1, 0.15) is 11.3 Å². The number of amides is 1. The molecule has 19 heavy (non-hydrogen) atoms. The zero-order valence-corrected chi connectivity index (χ0v) is 11.3. The van der Waals surface area contributed by atoms with Gasteiger partial charge < -0.3 is 20.5 Å². The molecule has 0 radical (unpaired) electrons. The van der Waals surface area contributed by atoms with Gasteiger partial charge >= 0.3 is 0 Å². The molecule has 2 rings (SSSR count). The van der Waals surface area contributed by atoms with E-state index in [9.17, 15) is 4.79 Å². The van der Waals surface area contributed by atoms with Crippen molar-refractivity contribution in [3.05, 3.63) is 24.3 Å². The Kier molecular flexibility index (Phi) is 3.95. The predicted octanol–water partition coefficient (Wildman–Crippen LogP) is 1.39. The van der Waals surface area contributed by atoms with Gasteiger partial charge in [0.15, 0.2) is 0 Å². The van der Waals surface area contributed by atoms with Crippen LogP contribution in [0.4, 0.5) is 5.69 Å². The van der Waals surface area contributed by atoms with E-state index < -0.39 is 5.54 Å². The molecular weight excluding hydrogens is 244 g/mol. The largest absolute Gasteiger partial charge is 0.495 e. The smallest absolute Gasteiger partial charge is 0.245 e. The van der Waals surface area contributed by atoms with Crippen LogP contribution in [0, 0.1) is 5.92 Å². The molecule has 3 N–H and O–H groups in total. The second kappa shape index (κ2) is 5.48. The zero-order valence-electron chi connectivity index (χ0n) is 11.3. The third-order valence-electron chi connectivity index (χ3n) is 3.55. The predicted molar refractivity (Wildman–Crippen MR) is 73.1 cm³/mol. The summed E-state index contributed by atoms with van der Waals surface area (Å²) in [6.07, 6.45) is 1.96. The molecule has 0 bridgehead atoms. The lowest BCUT2D eigenvalue weighted by Crippen LogP contribution is -2.55. The molecule has 0 aliphatic heterocycles. The molecule has 0 spiro atoms. The molecule has 0 heterocycles. The number of hydrogen-bond acceptors (Lipinski definition) is 4. The van der Waals surface area contributed by atoms with Crippen LogP contribution in [-0.4, -0.2) is 32.3 Å². The number of methoxy groups -OCH3 is 2. The summed E-state index contributed by atoms with van der Waals surface area (Å²) in [5, 5.41) is 3.25. The fourth-order valence-electron chi connectivity index (χ4n) is 2.38. The van der Waals surface area contributed by atoms with E-state index in [0.29, 0.717) is 5.75 Å². The summed E-state index contributed by atoms with van der Waals surface area (Å²) in [6, 6.07) is 7.47. The molecule has 1 aliphatic rings. The molecular formula is C14H20N2O3. The van der Waals surface area contributed by atoms with E-state index in [1.165, 1.54) is 0 Å². The van der Waals surface area contributed by atoms with Crippen molar-refractivity contribution in [2.24, 2.45) is 11.7 Å². The standard InChI is InChI=1S/C14H20N2O3/c1-18-9-14(13(15)17,10-7-8-10)16-11-5-3-4-6-12(11)19-2/h3-6,10,16H,7-9H2,1-2H3,(H2,15,17). The van der Waals surface area contributed by atoms with Crippen molar-refractivity contribution in [1.29, 1.82) is 0 Å². The van der Waals surface area contributed by atoms with Crippen molar-refractivity contribution in [3.63, 3.8) is 0 Å². The number of nitrogens with one attached hydrogen (secondary N) is 1. The normalized spacial score (nSPS) is 17.6. The van der Waals surface area contributed by atoms with Crippen LogP contribution in [0.3, 0.4) is 0 Å². The van der Waals surface area contributed by atoms with Crippen molar-refractivity contribution in [2.45, 2.75) is 18.4 Å². The molecule has 1 saturated carbocycles. The van der Waals surface area contributed by atoms with Crippen LogP contribution >= 0.6 is 0 Å². The minimum atomic E-state index is -0.858. The summed E-state index contributed by atoms with van der Waals surface area (Å²) in [4.78, 5) is 11.9. The number of ether oxygens (including phenoxy) is 2. The summed E-state index contributed by atoms with van der Waals surface area (Å²) in [5.41, 5.74) is 5.52. The van der Waals surface area contributed by atoms with Crippen LogP contribution in [0.2, 0.25) is 0 Å². The summed E-state index contributed by atoms with van der Waals surface area (Å²) >= 11 is 0. The van der Waals surface area contributed by atoms with Gasteiger partial charge in [0.05, 0.1) is 19.4 Å². The van der Waals surface area contributed by atoms with Crippen LogP contribution < -0.4 is 15.8 Å². The molecule has 1 amide bonds. The average Bonchev–Trinajstić information content (AvgIpc) is 3.23. The Hall–Kier alpha value is -1.75. The minimum Gasteiger partial charge on any atom is -0.495 e. The maximum absolute atomic E-state index is 11.9. The van der Waals surface area contributed by atoms with Crippen LogP contribution in [0.1, 0.15) is 12.8 Å². The van der Waals surface area contributed by atoms with Gasteiger partial charge in [-0.3, -0.25) is 4.79 Å². The van der Waals surface area contributed by atoms with Gasteiger partial charge in [-0.15, -0.1) is 0 Å². The maximum Gasteiger partial charge on any atom is 0.245 e. The van der Waals surface area contributed by atoms with Crippen molar-refractivity contribution in [2.75, 3.05) is 26.1 Å². The van der Waals surface area contributed by atoms with E-state index in [1.54, 1.807) is 14.2 Å². The highest BCUT2D eigenvalue weighted by molar-refractivity contribution is 5.89. The highest BCUT2D eigenvalue weighted by Crippen LogP contribution is 2.43. The number of primary amides is 1. The fraction of sp³-hybridized carbons (Fsp3) is 0.500. The molecule has 0 saturated heterocycles. The van der Waals surface area contributed by atoms with Crippen molar-refractivity contribution in [3.8, 4) is 5.75 Å². The van der Waals surface area contributed by atoms with Gasteiger partial charge in [-0.05, 0) is 30.9 Å². The summed E-state index contributed by atoms with van der Waals surface area (Å²) < 4.78 is 10.5. The Bertz CT molecular complexity index is 460. The second-order valence-electron chi connectivity index (χ2n) is 4.87. The Morgan fingerprint density at radius 3 is 2.63 bits per heavy atom. The van der Waals surface area contributed by atoms with Gasteiger partial charge in [0.25, 0.3) is 0 Å². The van der Waals surface area contributed by atoms with Crippen molar-refractivity contribution in [1.82, 2.24) is 0 Å². The van der Waals surface area contributed by atoms with Crippen LogP contribution in [0.25, 0.3) is 0 Å². The lowest BCUT2D eigenvalue weighted by Gasteiger charge is -2.32. The van der Waals surface area contributed by atoms with Crippen LogP contribution in [0.15, 0.2) is 24.3 Å². The Morgan fingerprint density at radius 1 is 1.42 bits per heavy atom. The summed E-state index contributed by atoms with van der Waals surface area (Å²) in [7, 11) is 3.17. The molecule has 1 aromatic carbocycles. The third-order valence-corrected chi connectivity index (χ3v) is 3.55.